The number of nitrogens with one attached hydrogen (secondary N) is 1. The van der Waals surface area contributed by atoms with Crippen LogP contribution in [0, 0.1) is 10.1 Å². The van der Waals surface area contributed by atoms with Gasteiger partial charge in [0.2, 0.25) is 0 Å². The highest BCUT2D eigenvalue weighted by Crippen LogP contribution is 2.24. The first-order chi connectivity index (χ1) is 9.47. The largest absolute Gasteiger partial charge is 0.349 e. The van der Waals surface area contributed by atoms with Crippen molar-refractivity contribution in [2.24, 2.45) is 5.73 Å². The third-order valence-electron chi connectivity index (χ3n) is 3.51. The Balaban J connectivity index is 2.12. The van der Waals surface area contributed by atoms with Crippen molar-refractivity contribution in [2.45, 2.75) is 37.8 Å². The van der Waals surface area contributed by atoms with Crippen molar-refractivity contribution in [3.63, 3.8) is 0 Å². The Kier molecular flexibility index (Phi) is 4.57. The molecule has 20 heavy (non-hydrogen) atoms. The van der Waals surface area contributed by atoms with E-state index in [-0.39, 0.29) is 23.3 Å². The summed E-state index contributed by atoms with van der Waals surface area (Å²) in [6.07, 6.45) is 3.29. The van der Waals surface area contributed by atoms with Crippen LogP contribution in [0.25, 0.3) is 0 Å². The average Bonchev–Trinajstić information content (AvgIpc) is 2.41. The van der Waals surface area contributed by atoms with Gasteiger partial charge in [-0.1, -0.05) is 11.6 Å². The van der Waals surface area contributed by atoms with E-state index in [1.807, 2.05) is 0 Å². The molecule has 0 unspecified atom stereocenters. The zero-order chi connectivity index (χ0) is 14.7. The molecule has 2 rings (SSSR count). The fourth-order valence-electron chi connectivity index (χ4n) is 2.38. The summed E-state index contributed by atoms with van der Waals surface area (Å²) in [7, 11) is 0. The van der Waals surface area contributed by atoms with Gasteiger partial charge in [0.25, 0.3) is 11.6 Å². The third-order valence-corrected chi connectivity index (χ3v) is 3.74. The Labute approximate surface area is 121 Å². The van der Waals surface area contributed by atoms with Gasteiger partial charge in [0.1, 0.15) is 5.56 Å². The Hall–Kier alpha value is -1.66. The van der Waals surface area contributed by atoms with Crippen molar-refractivity contribution in [1.29, 1.82) is 0 Å². The highest BCUT2D eigenvalue weighted by Gasteiger charge is 2.25. The smallest absolute Gasteiger partial charge is 0.282 e. The normalized spacial score (nSPS) is 22.3. The van der Waals surface area contributed by atoms with Crippen LogP contribution in [0.4, 0.5) is 5.69 Å². The molecular weight excluding hydrogens is 282 g/mol. The van der Waals surface area contributed by atoms with E-state index in [1.54, 1.807) is 0 Å². The van der Waals surface area contributed by atoms with Crippen molar-refractivity contribution >= 4 is 23.2 Å². The second-order valence-electron chi connectivity index (χ2n) is 5.00. The minimum Gasteiger partial charge on any atom is -0.349 e. The molecule has 1 amide bonds. The van der Waals surface area contributed by atoms with Crippen molar-refractivity contribution in [1.82, 2.24) is 5.32 Å². The summed E-state index contributed by atoms with van der Waals surface area (Å²) in [5.41, 5.74) is 5.56. The average molecular weight is 298 g/mol. The van der Waals surface area contributed by atoms with Gasteiger partial charge in [0.15, 0.2) is 0 Å². The molecule has 0 radical (unpaired) electrons. The van der Waals surface area contributed by atoms with Gasteiger partial charge in [-0.15, -0.1) is 0 Å². The molecule has 108 valence electrons. The van der Waals surface area contributed by atoms with E-state index >= 15 is 0 Å². The second-order valence-corrected chi connectivity index (χ2v) is 5.44. The van der Waals surface area contributed by atoms with Gasteiger partial charge < -0.3 is 11.1 Å². The van der Waals surface area contributed by atoms with E-state index in [2.05, 4.69) is 5.32 Å². The summed E-state index contributed by atoms with van der Waals surface area (Å²) in [5.74, 6) is -0.459. The molecule has 0 spiro atoms. The van der Waals surface area contributed by atoms with E-state index in [4.69, 9.17) is 17.3 Å². The first kappa shape index (κ1) is 14.7. The lowest BCUT2D eigenvalue weighted by Crippen LogP contribution is -2.40. The summed E-state index contributed by atoms with van der Waals surface area (Å²) in [6.45, 7) is 0. The standard InChI is InChI=1S/C13H16ClN3O3/c14-8-1-6-12(17(19)20)11(7-8)13(18)16-10-4-2-9(15)3-5-10/h1,6-7,9-10H,2-5,15H2,(H,16,18). The molecule has 1 fully saturated rings. The van der Waals surface area contributed by atoms with Gasteiger partial charge in [-0.2, -0.15) is 0 Å². The maximum atomic E-state index is 12.2. The Bertz CT molecular complexity index is 528. The first-order valence-electron chi connectivity index (χ1n) is 6.47. The molecule has 0 saturated heterocycles. The molecular formula is C13H16ClN3O3. The number of halogens is 1. The van der Waals surface area contributed by atoms with Crippen LogP contribution < -0.4 is 11.1 Å². The zero-order valence-corrected chi connectivity index (χ0v) is 11.6. The fourth-order valence-corrected chi connectivity index (χ4v) is 2.55. The quantitative estimate of drug-likeness (QED) is 0.660. The zero-order valence-electron chi connectivity index (χ0n) is 10.8. The van der Waals surface area contributed by atoms with E-state index in [9.17, 15) is 14.9 Å². The predicted molar refractivity (Wildman–Crippen MR) is 75.8 cm³/mol. The van der Waals surface area contributed by atoms with Gasteiger partial charge in [-0.25, -0.2) is 0 Å². The summed E-state index contributed by atoms with van der Waals surface area (Å²) < 4.78 is 0. The van der Waals surface area contributed by atoms with Gasteiger partial charge in [-0.05, 0) is 37.8 Å². The second kappa shape index (κ2) is 6.19. The number of nitrogens with two attached hydrogens (primary N) is 1. The molecule has 7 heteroatoms. The van der Waals surface area contributed by atoms with E-state index < -0.39 is 10.8 Å². The van der Waals surface area contributed by atoms with Crippen molar-refractivity contribution in [2.75, 3.05) is 0 Å². The topological polar surface area (TPSA) is 98.3 Å². The number of rotatable bonds is 3. The molecule has 0 aromatic heterocycles. The fraction of sp³-hybridized carbons (Fsp3) is 0.462. The summed E-state index contributed by atoms with van der Waals surface area (Å²) in [5, 5.41) is 14.1. The highest BCUT2D eigenvalue weighted by atomic mass is 35.5. The van der Waals surface area contributed by atoms with Crippen molar-refractivity contribution in [3.8, 4) is 0 Å². The van der Waals surface area contributed by atoms with Crippen LogP contribution in [0.3, 0.4) is 0 Å². The number of hydrogen-bond acceptors (Lipinski definition) is 4. The molecule has 1 saturated carbocycles. The Morgan fingerprint density at radius 1 is 1.35 bits per heavy atom. The first-order valence-corrected chi connectivity index (χ1v) is 6.85. The molecule has 1 aliphatic rings. The van der Waals surface area contributed by atoms with Crippen LogP contribution in [-0.4, -0.2) is 22.9 Å². The van der Waals surface area contributed by atoms with E-state index in [0.717, 1.165) is 25.7 Å². The van der Waals surface area contributed by atoms with Crippen molar-refractivity contribution < 1.29 is 9.72 Å². The lowest BCUT2D eigenvalue weighted by atomic mass is 9.91. The molecule has 6 nitrogen and oxygen atoms in total. The minimum absolute atomic E-state index is 0.00243. The molecule has 1 aromatic rings. The van der Waals surface area contributed by atoms with Crippen LogP contribution in [0.15, 0.2) is 18.2 Å². The lowest BCUT2D eigenvalue weighted by Gasteiger charge is -2.26. The Morgan fingerprint density at radius 3 is 2.60 bits per heavy atom. The van der Waals surface area contributed by atoms with E-state index in [0.29, 0.717) is 5.02 Å². The molecule has 1 aromatic carbocycles. The van der Waals surface area contributed by atoms with E-state index in [1.165, 1.54) is 18.2 Å². The summed E-state index contributed by atoms with van der Waals surface area (Å²) in [6, 6.07) is 4.16. The molecule has 0 aliphatic heterocycles. The predicted octanol–water partition coefficient (Wildman–Crippen LogP) is 2.25. The van der Waals surface area contributed by atoms with Crippen molar-refractivity contribution in [3.05, 3.63) is 38.9 Å². The molecule has 1 aliphatic carbocycles. The van der Waals surface area contributed by atoms with Crippen LogP contribution >= 0.6 is 11.6 Å². The van der Waals surface area contributed by atoms with Gasteiger partial charge in [0, 0.05) is 23.2 Å². The third kappa shape index (κ3) is 3.46. The monoisotopic (exact) mass is 297 g/mol. The lowest BCUT2D eigenvalue weighted by molar-refractivity contribution is -0.385. The van der Waals surface area contributed by atoms with Gasteiger partial charge in [-0.3, -0.25) is 14.9 Å². The number of carbonyl (C=O) groups excluding carboxylic acids is 1. The highest BCUT2D eigenvalue weighted by molar-refractivity contribution is 6.31. The van der Waals surface area contributed by atoms with Gasteiger partial charge >= 0.3 is 0 Å². The number of carbonyl (C=O) groups is 1. The van der Waals surface area contributed by atoms with Gasteiger partial charge in [0.05, 0.1) is 4.92 Å². The van der Waals surface area contributed by atoms with Crippen LogP contribution in [0.2, 0.25) is 5.02 Å². The molecule has 0 bridgehead atoms. The number of benzene rings is 1. The van der Waals surface area contributed by atoms with Crippen LogP contribution in [0.5, 0.6) is 0 Å². The summed E-state index contributed by atoms with van der Waals surface area (Å²) >= 11 is 5.81. The van der Waals surface area contributed by atoms with Crippen LogP contribution in [-0.2, 0) is 0 Å². The maximum Gasteiger partial charge on any atom is 0.282 e. The number of nitrogens with zero attached hydrogens (tertiary/aromatic N) is 1. The SMILES string of the molecule is NC1CCC(NC(=O)c2cc(Cl)ccc2[N+](=O)[O-])CC1. The number of amides is 1. The number of nitro groups is 1. The molecule has 0 heterocycles. The molecule has 0 atom stereocenters. The maximum absolute atomic E-state index is 12.2. The molecule has 3 N–H and O–H groups in total. The number of nitro benzene ring substituents is 1. The Morgan fingerprint density at radius 2 is 2.00 bits per heavy atom. The van der Waals surface area contributed by atoms with Crippen LogP contribution in [0.1, 0.15) is 36.0 Å². The summed E-state index contributed by atoms with van der Waals surface area (Å²) in [4.78, 5) is 22.5. The number of hydrogen-bond donors (Lipinski definition) is 2. The minimum atomic E-state index is -0.581.